The third-order valence-corrected chi connectivity index (χ3v) is 8.40. The Morgan fingerprint density at radius 2 is 1.29 bits per heavy atom. The first kappa shape index (κ1) is 30.2. The number of rotatable bonds is 8. The van der Waals surface area contributed by atoms with Crippen molar-refractivity contribution in [1.82, 2.24) is 0 Å². The molecule has 0 bridgehead atoms. The van der Waals surface area contributed by atoms with Gasteiger partial charge in [-0.25, -0.2) is 0 Å². The van der Waals surface area contributed by atoms with Gasteiger partial charge in [0.1, 0.15) is 4.33 Å². The first-order valence-corrected chi connectivity index (χ1v) is 14.6. The van der Waals surface area contributed by atoms with Gasteiger partial charge in [0, 0.05) is 33.0 Å². The normalized spacial score (nSPS) is 16.8. The quantitative estimate of drug-likeness (QED) is 0.165. The summed E-state index contributed by atoms with van der Waals surface area (Å²) < 4.78 is -1.35. The number of hydrogen-bond donors (Lipinski definition) is 3. The summed E-state index contributed by atoms with van der Waals surface area (Å²) in [7, 11) is 0. The minimum absolute atomic E-state index is 0.145. The van der Waals surface area contributed by atoms with Gasteiger partial charge in [-0.15, -0.1) is 23.2 Å². The van der Waals surface area contributed by atoms with Crippen LogP contribution in [0.5, 0.6) is 0 Å². The van der Waals surface area contributed by atoms with E-state index < -0.39 is 28.0 Å². The van der Waals surface area contributed by atoms with Gasteiger partial charge >= 0.3 is 0 Å². The summed E-state index contributed by atoms with van der Waals surface area (Å²) in [6, 6.07) is 25.5. The Kier molecular flexibility index (Phi) is 9.02. The third kappa shape index (κ3) is 7.02. The van der Waals surface area contributed by atoms with Gasteiger partial charge in [-0.05, 0) is 71.8 Å². The fraction of sp³-hybridized carbons (Fsp3) is 0.129. The lowest BCUT2D eigenvalue weighted by atomic mass is 10.1. The molecule has 0 spiro atoms. The van der Waals surface area contributed by atoms with Crippen molar-refractivity contribution in [3.8, 4) is 0 Å². The highest BCUT2D eigenvalue weighted by Crippen LogP contribution is 2.65. The van der Waals surface area contributed by atoms with Crippen LogP contribution in [-0.4, -0.2) is 22.1 Å². The predicted octanol–water partition coefficient (Wildman–Crippen LogP) is 8.61. The first-order valence-electron chi connectivity index (χ1n) is 12.7. The molecule has 1 saturated carbocycles. The molecule has 0 heterocycles. The molecule has 0 aromatic heterocycles. The Bertz CT molecular complexity index is 1640. The zero-order valence-electron chi connectivity index (χ0n) is 21.6. The van der Waals surface area contributed by atoms with Crippen LogP contribution in [0.4, 0.5) is 17.1 Å². The van der Waals surface area contributed by atoms with E-state index in [4.69, 9.17) is 58.0 Å². The predicted molar refractivity (Wildman–Crippen MR) is 170 cm³/mol. The summed E-state index contributed by atoms with van der Waals surface area (Å²) in [5.74, 6) is -2.36. The van der Waals surface area contributed by atoms with E-state index in [2.05, 4.69) is 16.0 Å². The minimum Gasteiger partial charge on any atom is -0.326 e. The number of halogens is 5. The highest BCUT2D eigenvalue weighted by molar-refractivity contribution is 6.53. The molecule has 1 fully saturated rings. The molecule has 3 amide bonds. The van der Waals surface area contributed by atoms with Crippen molar-refractivity contribution in [3.63, 3.8) is 0 Å². The Morgan fingerprint density at radius 3 is 1.93 bits per heavy atom. The average Bonchev–Trinajstić information content (AvgIpc) is 3.52. The Balaban J connectivity index is 1.21. The van der Waals surface area contributed by atoms with E-state index in [1.54, 1.807) is 48.5 Å². The van der Waals surface area contributed by atoms with Crippen LogP contribution in [0, 0.1) is 5.92 Å². The number of amides is 3. The van der Waals surface area contributed by atoms with Crippen LogP contribution in [0.15, 0.2) is 91.0 Å². The van der Waals surface area contributed by atoms with Gasteiger partial charge in [-0.2, -0.15) is 0 Å². The largest absolute Gasteiger partial charge is 0.326 e. The van der Waals surface area contributed by atoms with E-state index in [9.17, 15) is 14.4 Å². The van der Waals surface area contributed by atoms with Crippen molar-refractivity contribution in [2.75, 3.05) is 16.0 Å². The second kappa shape index (κ2) is 12.5. The van der Waals surface area contributed by atoms with Gasteiger partial charge in [0.25, 0.3) is 5.91 Å². The van der Waals surface area contributed by atoms with Crippen molar-refractivity contribution >= 4 is 92.8 Å². The summed E-state index contributed by atoms with van der Waals surface area (Å²) in [5.41, 5.74) is 3.11. The highest BCUT2D eigenvalue weighted by atomic mass is 35.5. The summed E-state index contributed by atoms with van der Waals surface area (Å²) in [5, 5.41) is 9.37. The maximum atomic E-state index is 13.1. The summed E-state index contributed by atoms with van der Waals surface area (Å²) in [4.78, 5) is 38.5. The molecule has 0 unspecified atom stereocenters. The fourth-order valence-electron chi connectivity index (χ4n) is 4.64. The third-order valence-electron chi connectivity index (χ3n) is 6.69. The fourth-order valence-corrected chi connectivity index (χ4v) is 6.22. The van der Waals surface area contributed by atoms with E-state index in [1.165, 1.54) is 12.1 Å². The molecule has 1 aliphatic rings. The molecule has 0 saturated heterocycles. The van der Waals surface area contributed by atoms with Crippen LogP contribution in [0.1, 0.15) is 27.4 Å². The number of nitrogens with one attached hydrogen (secondary N) is 3. The first-order chi connectivity index (χ1) is 20.0. The smallest absolute Gasteiger partial charge is 0.257 e. The Hall–Kier alpha value is -3.26. The van der Waals surface area contributed by atoms with Gasteiger partial charge in [0.05, 0.1) is 22.9 Å². The zero-order chi connectivity index (χ0) is 30.0. The van der Waals surface area contributed by atoms with Crippen molar-refractivity contribution in [1.29, 1.82) is 0 Å². The monoisotopic (exact) mass is 659 g/mol. The minimum atomic E-state index is -1.35. The van der Waals surface area contributed by atoms with Crippen molar-refractivity contribution in [2.24, 2.45) is 5.92 Å². The summed E-state index contributed by atoms with van der Waals surface area (Å²) in [6.07, 6.45) is 0.248. The van der Waals surface area contributed by atoms with Gasteiger partial charge in [0.15, 0.2) is 0 Å². The molecule has 4 aromatic rings. The molecule has 11 heteroatoms. The maximum Gasteiger partial charge on any atom is 0.257 e. The molecule has 2 atom stereocenters. The summed E-state index contributed by atoms with van der Waals surface area (Å²) in [6.45, 7) is 0. The van der Waals surface area contributed by atoms with Crippen LogP contribution < -0.4 is 16.0 Å². The van der Waals surface area contributed by atoms with Crippen LogP contribution in [0.3, 0.4) is 0 Å². The molecule has 3 N–H and O–H groups in total. The van der Waals surface area contributed by atoms with Crippen molar-refractivity contribution in [3.05, 3.63) is 123 Å². The van der Waals surface area contributed by atoms with Crippen LogP contribution in [-0.2, 0) is 16.0 Å². The molecule has 0 radical (unpaired) electrons. The second-order valence-corrected chi connectivity index (χ2v) is 12.5. The number of hydrogen-bond acceptors (Lipinski definition) is 3. The molecule has 5 rings (SSSR count). The van der Waals surface area contributed by atoms with Gasteiger partial charge in [-0.3, -0.25) is 14.4 Å². The standard InChI is InChI=1S/C31H22Cl5N3O3/c32-19-13-18(14-20(33)15-19)27-28(31(27,35)36)30(42)39-23-10-11-25(34)24(16-23)29(41)38-22-8-6-21(7-9-22)37-26(40)12-17-4-2-1-3-5-17/h1-11,13-16,27-28H,12H2,(H,37,40)(H,38,41)(H,39,42)/t27-,28+/m0/s1. The molecule has 6 nitrogen and oxygen atoms in total. The molecule has 214 valence electrons. The van der Waals surface area contributed by atoms with Crippen LogP contribution in [0.25, 0.3) is 0 Å². The molecule has 1 aliphatic carbocycles. The van der Waals surface area contributed by atoms with E-state index in [1.807, 2.05) is 30.3 Å². The second-order valence-electron chi connectivity index (χ2n) is 9.76. The molecular formula is C31H22Cl5N3O3. The number of anilines is 3. The van der Waals surface area contributed by atoms with Gasteiger partial charge in [0.2, 0.25) is 11.8 Å². The molecule has 4 aromatic carbocycles. The number of carbonyl (C=O) groups is 3. The van der Waals surface area contributed by atoms with Gasteiger partial charge in [-0.1, -0.05) is 65.1 Å². The lowest BCUT2D eigenvalue weighted by molar-refractivity contribution is -0.117. The van der Waals surface area contributed by atoms with E-state index in [0.717, 1.165) is 5.56 Å². The lowest BCUT2D eigenvalue weighted by Gasteiger charge is -2.11. The molecular weight excluding hydrogens is 640 g/mol. The number of benzene rings is 4. The average molecular weight is 662 g/mol. The van der Waals surface area contributed by atoms with Crippen molar-refractivity contribution < 1.29 is 14.4 Å². The summed E-state index contributed by atoms with van der Waals surface area (Å²) >= 11 is 31.4. The lowest BCUT2D eigenvalue weighted by Crippen LogP contribution is -2.18. The SMILES string of the molecule is O=C(Cc1ccccc1)Nc1ccc(NC(=O)c2cc(NC(=O)[C@H]3[C@H](c4cc(Cl)cc(Cl)c4)C3(Cl)Cl)ccc2Cl)cc1. The van der Waals surface area contributed by atoms with Crippen molar-refractivity contribution in [2.45, 2.75) is 16.7 Å². The number of alkyl halides is 2. The highest BCUT2D eigenvalue weighted by Gasteiger charge is 2.67. The number of carbonyl (C=O) groups excluding carboxylic acids is 3. The maximum absolute atomic E-state index is 13.1. The van der Waals surface area contributed by atoms with E-state index >= 15 is 0 Å². The topological polar surface area (TPSA) is 87.3 Å². The van der Waals surface area contributed by atoms with Gasteiger partial charge < -0.3 is 16.0 Å². The van der Waals surface area contributed by atoms with E-state index in [-0.39, 0.29) is 22.9 Å². The Morgan fingerprint density at radius 1 is 0.690 bits per heavy atom. The molecule has 42 heavy (non-hydrogen) atoms. The Labute approximate surface area is 267 Å². The zero-order valence-corrected chi connectivity index (χ0v) is 25.4. The van der Waals surface area contributed by atoms with E-state index in [0.29, 0.717) is 32.7 Å². The van der Waals surface area contributed by atoms with Crippen LogP contribution in [0.2, 0.25) is 15.1 Å². The van der Waals surface area contributed by atoms with Crippen LogP contribution >= 0.6 is 58.0 Å². The molecule has 0 aliphatic heterocycles.